The summed E-state index contributed by atoms with van der Waals surface area (Å²) >= 11 is 12.1. The first-order chi connectivity index (χ1) is 15.4. The maximum atomic E-state index is 12.5. The molecule has 6 nitrogen and oxygen atoms in total. The summed E-state index contributed by atoms with van der Waals surface area (Å²) in [6.45, 7) is 3.95. The number of anilines is 1. The largest absolute Gasteiger partial charge is 0.495 e. The standard InChI is InChI=1S/C24H22Cl2N4O2/c1-14-19(9-11-24(31)28-18-8-10-22(32-3)20(26)12-18)15(2)30-23(27-14)13-21(29-30)16-4-6-17(25)7-5-16/h4-8,10,12-13H,9,11H2,1-3H3,(H,28,31). The summed E-state index contributed by atoms with van der Waals surface area (Å²) in [5.41, 5.74) is 6.05. The maximum Gasteiger partial charge on any atom is 0.224 e. The van der Waals surface area contributed by atoms with Crippen molar-refractivity contribution in [2.75, 3.05) is 12.4 Å². The molecule has 0 saturated heterocycles. The number of hydrogen-bond donors (Lipinski definition) is 1. The van der Waals surface area contributed by atoms with E-state index >= 15 is 0 Å². The van der Waals surface area contributed by atoms with Crippen molar-refractivity contribution in [3.8, 4) is 17.0 Å². The number of benzene rings is 2. The fourth-order valence-electron chi connectivity index (χ4n) is 3.66. The molecule has 32 heavy (non-hydrogen) atoms. The minimum absolute atomic E-state index is 0.104. The Bertz CT molecular complexity index is 1300. The lowest BCUT2D eigenvalue weighted by atomic mass is 10.1. The Labute approximate surface area is 196 Å². The van der Waals surface area contributed by atoms with E-state index in [2.05, 4.69) is 5.32 Å². The summed E-state index contributed by atoms with van der Waals surface area (Å²) < 4.78 is 6.97. The van der Waals surface area contributed by atoms with Gasteiger partial charge in [-0.2, -0.15) is 5.10 Å². The predicted octanol–water partition coefficient (Wildman–Crippen LogP) is 5.90. The number of nitrogens with zero attached hydrogens (tertiary/aromatic N) is 3. The molecule has 0 unspecified atom stereocenters. The van der Waals surface area contributed by atoms with Gasteiger partial charge < -0.3 is 10.1 Å². The van der Waals surface area contributed by atoms with E-state index in [0.717, 1.165) is 33.9 Å². The van der Waals surface area contributed by atoms with Crippen LogP contribution in [0.25, 0.3) is 16.9 Å². The molecule has 8 heteroatoms. The van der Waals surface area contributed by atoms with Gasteiger partial charge in [0.05, 0.1) is 17.8 Å². The number of fused-ring (bicyclic) bond motifs is 1. The van der Waals surface area contributed by atoms with E-state index in [4.69, 9.17) is 38.0 Å². The van der Waals surface area contributed by atoms with Gasteiger partial charge in [-0.15, -0.1) is 0 Å². The summed E-state index contributed by atoms with van der Waals surface area (Å²) in [7, 11) is 1.55. The van der Waals surface area contributed by atoms with Gasteiger partial charge in [0.15, 0.2) is 5.65 Å². The van der Waals surface area contributed by atoms with Crippen molar-refractivity contribution < 1.29 is 9.53 Å². The molecule has 0 bridgehead atoms. The molecule has 164 valence electrons. The van der Waals surface area contributed by atoms with Crippen LogP contribution in [0, 0.1) is 13.8 Å². The SMILES string of the molecule is COc1ccc(NC(=O)CCc2c(C)nc3cc(-c4ccc(Cl)cc4)nn3c2C)cc1Cl. The van der Waals surface area contributed by atoms with Gasteiger partial charge in [0.1, 0.15) is 5.75 Å². The van der Waals surface area contributed by atoms with Crippen LogP contribution in [0.4, 0.5) is 5.69 Å². The molecule has 2 heterocycles. The normalized spacial score (nSPS) is 11.0. The van der Waals surface area contributed by atoms with Crippen LogP contribution in [0.2, 0.25) is 10.0 Å². The van der Waals surface area contributed by atoms with Crippen molar-refractivity contribution in [2.24, 2.45) is 0 Å². The van der Waals surface area contributed by atoms with Crippen LogP contribution >= 0.6 is 23.2 Å². The number of hydrogen-bond acceptors (Lipinski definition) is 4. The number of ether oxygens (including phenoxy) is 1. The predicted molar refractivity (Wildman–Crippen MR) is 128 cm³/mol. The minimum atomic E-state index is -0.104. The van der Waals surface area contributed by atoms with Crippen molar-refractivity contribution in [3.63, 3.8) is 0 Å². The lowest BCUT2D eigenvalue weighted by Crippen LogP contribution is -2.14. The monoisotopic (exact) mass is 468 g/mol. The Hall–Kier alpha value is -3.09. The van der Waals surface area contributed by atoms with Crippen molar-refractivity contribution in [2.45, 2.75) is 26.7 Å². The van der Waals surface area contributed by atoms with Gasteiger partial charge in [-0.25, -0.2) is 9.50 Å². The number of carbonyl (C=O) groups is 1. The van der Waals surface area contributed by atoms with Gasteiger partial charge >= 0.3 is 0 Å². The van der Waals surface area contributed by atoms with Gasteiger partial charge in [-0.1, -0.05) is 35.3 Å². The summed E-state index contributed by atoms with van der Waals surface area (Å²) in [5.74, 6) is 0.458. The molecule has 2 aromatic carbocycles. The highest BCUT2D eigenvalue weighted by atomic mass is 35.5. The molecular formula is C24H22Cl2N4O2. The molecule has 0 aliphatic carbocycles. The van der Waals surface area contributed by atoms with Crippen molar-refractivity contribution in [1.82, 2.24) is 14.6 Å². The van der Waals surface area contributed by atoms with Crippen LogP contribution in [0.5, 0.6) is 5.75 Å². The number of nitrogens with one attached hydrogen (secondary N) is 1. The number of amides is 1. The molecule has 0 saturated carbocycles. The second-order valence-electron chi connectivity index (χ2n) is 7.47. The minimum Gasteiger partial charge on any atom is -0.495 e. The second-order valence-corrected chi connectivity index (χ2v) is 8.31. The van der Waals surface area contributed by atoms with E-state index in [1.54, 1.807) is 25.3 Å². The molecule has 1 amide bonds. The van der Waals surface area contributed by atoms with Crippen LogP contribution in [0.15, 0.2) is 48.5 Å². The third-order valence-electron chi connectivity index (χ3n) is 5.34. The van der Waals surface area contributed by atoms with Crippen LogP contribution in [-0.2, 0) is 11.2 Å². The number of aryl methyl sites for hydroxylation is 2. The molecule has 0 spiro atoms. The van der Waals surface area contributed by atoms with E-state index in [0.29, 0.717) is 34.3 Å². The van der Waals surface area contributed by atoms with Gasteiger partial charge in [-0.3, -0.25) is 4.79 Å². The number of carbonyl (C=O) groups excluding carboxylic acids is 1. The Kier molecular flexibility index (Phi) is 6.35. The van der Waals surface area contributed by atoms with Gasteiger partial charge in [-0.05, 0) is 56.2 Å². The molecule has 4 rings (SSSR count). The fraction of sp³-hybridized carbons (Fsp3) is 0.208. The highest BCUT2D eigenvalue weighted by Gasteiger charge is 2.15. The fourth-order valence-corrected chi connectivity index (χ4v) is 4.04. The topological polar surface area (TPSA) is 68.5 Å². The molecule has 1 N–H and O–H groups in total. The molecular weight excluding hydrogens is 447 g/mol. The lowest BCUT2D eigenvalue weighted by Gasteiger charge is -2.11. The molecule has 0 aliphatic rings. The Balaban J connectivity index is 1.52. The first kappa shape index (κ1) is 22.1. The molecule has 0 radical (unpaired) electrons. The molecule has 2 aromatic heterocycles. The highest BCUT2D eigenvalue weighted by Crippen LogP contribution is 2.28. The summed E-state index contributed by atoms with van der Waals surface area (Å²) in [6.07, 6.45) is 0.857. The Morgan fingerprint density at radius 3 is 2.53 bits per heavy atom. The Morgan fingerprint density at radius 2 is 1.84 bits per heavy atom. The summed E-state index contributed by atoms with van der Waals surface area (Å²) in [4.78, 5) is 17.2. The van der Waals surface area contributed by atoms with E-state index < -0.39 is 0 Å². The number of methoxy groups -OCH3 is 1. The zero-order chi connectivity index (χ0) is 22.8. The third-order valence-corrected chi connectivity index (χ3v) is 5.89. The third kappa shape index (κ3) is 4.56. The molecule has 0 aliphatic heterocycles. The van der Waals surface area contributed by atoms with E-state index in [1.807, 2.05) is 48.7 Å². The Morgan fingerprint density at radius 1 is 1.09 bits per heavy atom. The van der Waals surface area contributed by atoms with Gasteiger partial charge in [0.2, 0.25) is 5.91 Å². The lowest BCUT2D eigenvalue weighted by molar-refractivity contribution is -0.116. The zero-order valence-corrected chi connectivity index (χ0v) is 19.5. The average Bonchev–Trinajstić information content (AvgIpc) is 3.18. The first-order valence-electron chi connectivity index (χ1n) is 10.1. The number of aromatic nitrogens is 3. The smallest absolute Gasteiger partial charge is 0.224 e. The van der Waals surface area contributed by atoms with E-state index in [-0.39, 0.29) is 5.91 Å². The molecule has 4 aromatic rings. The summed E-state index contributed by atoms with van der Waals surface area (Å²) in [6, 6.07) is 14.7. The van der Waals surface area contributed by atoms with Crippen molar-refractivity contribution >= 4 is 40.4 Å². The second kappa shape index (κ2) is 9.18. The van der Waals surface area contributed by atoms with Crippen LogP contribution < -0.4 is 10.1 Å². The average molecular weight is 469 g/mol. The zero-order valence-electron chi connectivity index (χ0n) is 17.9. The molecule has 0 atom stereocenters. The summed E-state index contributed by atoms with van der Waals surface area (Å²) in [5, 5.41) is 8.72. The quantitative estimate of drug-likeness (QED) is 0.382. The van der Waals surface area contributed by atoms with Crippen molar-refractivity contribution in [3.05, 3.63) is 75.5 Å². The van der Waals surface area contributed by atoms with Crippen LogP contribution in [0.3, 0.4) is 0 Å². The van der Waals surface area contributed by atoms with Crippen LogP contribution in [-0.4, -0.2) is 27.6 Å². The van der Waals surface area contributed by atoms with E-state index in [1.165, 1.54) is 0 Å². The number of halogens is 2. The number of rotatable bonds is 6. The van der Waals surface area contributed by atoms with E-state index in [9.17, 15) is 4.79 Å². The van der Waals surface area contributed by atoms with Crippen LogP contribution in [0.1, 0.15) is 23.4 Å². The van der Waals surface area contributed by atoms with Gasteiger partial charge in [0, 0.05) is 40.1 Å². The highest BCUT2D eigenvalue weighted by molar-refractivity contribution is 6.32. The van der Waals surface area contributed by atoms with Crippen molar-refractivity contribution in [1.29, 1.82) is 0 Å². The first-order valence-corrected chi connectivity index (χ1v) is 10.9. The van der Waals surface area contributed by atoms with Gasteiger partial charge in [0.25, 0.3) is 0 Å². The molecule has 0 fully saturated rings. The maximum absolute atomic E-state index is 12.5.